The van der Waals surface area contributed by atoms with Crippen LogP contribution in [-0.2, 0) is 9.53 Å². The molecule has 0 bridgehead atoms. The highest BCUT2D eigenvalue weighted by molar-refractivity contribution is 5.97. The van der Waals surface area contributed by atoms with Gasteiger partial charge in [-0.15, -0.1) is 0 Å². The number of benzene rings is 2. The first-order chi connectivity index (χ1) is 14.4. The fourth-order valence-electron chi connectivity index (χ4n) is 3.66. The van der Waals surface area contributed by atoms with Gasteiger partial charge in [0.05, 0.1) is 22.3 Å². The lowest BCUT2D eigenvalue weighted by atomic mass is 9.99. The third-order valence-corrected chi connectivity index (χ3v) is 4.92. The van der Waals surface area contributed by atoms with Gasteiger partial charge in [-0.3, -0.25) is 19.7 Å². The summed E-state index contributed by atoms with van der Waals surface area (Å²) in [6, 6.07) is 10.5. The number of non-ortho nitro benzene ring substituents is 1. The fourth-order valence-corrected chi connectivity index (χ4v) is 3.66. The van der Waals surface area contributed by atoms with E-state index < -0.39 is 28.1 Å². The van der Waals surface area contributed by atoms with Crippen molar-refractivity contribution < 1.29 is 14.5 Å². The second-order valence-electron chi connectivity index (χ2n) is 6.59. The highest BCUT2D eigenvalue weighted by atomic mass is 16.6. The molecule has 10 heteroatoms. The highest BCUT2D eigenvalue weighted by Crippen LogP contribution is 2.35. The molecule has 0 fully saturated rings. The number of carbonyl (C=O) groups is 1. The third kappa shape index (κ3) is 2.69. The summed E-state index contributed by atoms with van der Waals surface area (Å²) in [4.78, 5) is 49.7. The van der Waals surface area contributed by atoms with Crippen LogP contribution < -0.4 is 16.9 Å². The Morgan fingerprint density at radius 1 is 1.13 bits per heavy atom. The zero-order valence-electron chi connectivity index (χ0n) is 15.8. The SMILES string of the molecule is CCOC(=O)C1=C(N)n2c(=O)c3ccccc3c(=O)n2C1c1cccc([N+](=O)[O-])c1. The number of fused-ring (bicyclic) bond motifs is 2. The molecule has 2 aromatic carbocycles. The number of nitrogens with zero attached hydrogens (tertiary/aromatic N) is 3. The molecular formula is C20H16N4O6. The van der Waals surface area contributed by atoms with Gasteiger partial charge in [0.2, 0.25) is 0 Å². The summed E-state index contributed by atoms with van der Waals surface area (Å²) in [7, 11) is 0. The first-order valence-electron chi connectivity index (χ1n) is 9.04. The Morgan fingerprint density at radius 2 is 1.80 bits per heavy atom. The molecule has 0 radical (unpaired) electrons. The average Bonchev–Trinajstić information content (AvgIpc) is 3.06. The first kappa shape index (κ1) is 19.1. The zero-order valence-corrected chi connectivity index (χ0v) is 15.8. The molecule has 2 heterocycles. The van der Waals surface area contributed by atoms with Gasteiger partial charge in [0, 0.05) is 12.1 Å². The van der Waals surface area contributed by atoms with E-state index in [1.165, 1.54) is 36.4 Å². The molecule has 0 saturated carbocycles. The zero-order chi connectivity index (χ0) is 21.6. The predicted molar refractivity (Wildman–Crippen MR) is 108 cm³/mol. The van der Waals surface area contributed by atoms with Gasteiger partial charge in [-0.2, -0.15) is 4.68 Å². The van der Waals surface area contributed by atoms with E-state index in [9.17, 15) is 24.5 Å². The Morgan fingerprint density at radius 3 is 2.43 bits per heavy atom. The Hall–Kier alpha value is -4.21. The second kappa shape index (κ2) is 6.99. The summed E-state index contributed by atoms with van der Waals surface area (Å²) >= 11 is 0. The van der Waals surface area contributed by atoms with Gasteiger partial charge in [0.15, 0.2) is 0 Å². The standard InChI is InChI=1S/C20H16N4O6/c1-2-30-20(27)15-16(11-6-5-7-12(10-11)24(28)29)22-18(25)13-8-3-4-9-14(13)19(26)23(22)17(15)21/h3-10,16H,2,21H2,1H3. The lowest BCUT2D eigenvalue weighted by Crippen LogP contribution is -2.38. The van der Waals surface area contributed by atoms with Crippen LogP contribution in [0.2, 0.25) is 0 Å². The lowest BCUT2D eigenvalue weighted by molar-refractivity contribution is -0.384. The van der Waals surface area contributed by atoms with E-state index in [2.05, 4.69) is 0 Å². The minimum absolute atomic E-state index is 0.0411. The maximum Gasteiger partial charge on any atom is 0.340 e. The molecule has 0 saturated heterocycles. The molecule has 152 valence electrons. The molecule has 0 aliphatic carbocycles. The van der Waals surface area contributed by atoms with E-state index >= 15 is 0 Å². The van der Waals surface area contributed by atoms with Crippen LogP contribution in [0.25, 0.3) is 16.6 Å². The van der Waals surface area contributed by atoms with Crippen LogP contribution in [0.4, 0.5) is 5.69 Å². The molecule has 3 aromatic rings. The molecule has 0 spiro atoms. The maximum absolute atomic E-state index is 13.3. The maximum atomic E-state index is 13.3. The van der Waals surface area contributed by atoms with E-state index in [-0.39, 0.29) is 40.0 Å². The van der Waals surface area contributed by atoms with Crippen molar-refractivity contribution in [2.24, 2.45) is 5.73 Å². The third-order valence-electron chi connectivity index (χ3n) is 4.92. The topological polar surface area (TPSA) is 139 Å². The van der Waals surface area contributed by atoms with Crippen molar-refractivity contribution in [1.82, 2.24) is 9.36 Å². The molecule has 4 rings (SSSR count). The minimum Gasteiger partial charge on any atom is -0.462 e. The minimum atomic E-state index is -1.16. The largest absolute Gasteiger partial charge is 0.462 e. The van der Waals surface area contributed by atoms with E-state index in [4.69, 9.17) is 10.5 Å². The number of aromatic nitrogens is 2. The normalized spacial score (nSPS) is 15.3. The first-order valence-corrected chi connectivity index (χ1v) is 9.04. The van der Waals surface area contributed by atoms with Gasteiger partial charge in [0.1, 0.15) is 17.4 Å². The van der Waals surface area contributed by atoms with Crippen LogP contribution in [-0.4, -0.2) is 26.9 Å². The quantitative estimate of drug-likeness (QED) is 0.390. The summed E-state index contributed by atoms with van der Waals surface area (Å²) in [6.45, 7) is 1.64. The Labute approximate surface area is 168 Å². The highest BCUT2D eigenvalue weighted by Gasteiger charge is 2.39. The second-order valence-corrected chi connectivity index (χ2v) is 6.59. The molecule has 1 aliphatic heterocycles. The Kier molecular flexibility index (Phi) is 4.46. The van der Waals surface area contributed by atoms with Crippen LogP contribution in [0.1, 0.15) is 18.5 Å². The number of nitro benzene ring substituents is 1. The van der Waals surface area contributed by atoms with E-state index in [1.807, 2.05) is 0 Å². The van der Waals surface area contributed by atoms with Crippen molar-refractivity contribution in [3.05, 3.63) is 90.5 Å². The summed E-state index contributed by atoms with van der Waals surface area (Å²) in [5.74, 6) is -1.07. The summed E-state index contributed by atoms with van der Waals surface area (Å²) < 4.78 is 7.07. The predicted octanol–water partition coefficient (Wildman–Crippen LogP) is 1.36. The van der Waals surface area contributed by atoms with Crippen molar-refractivity contribution in [3.63, 3.8) is 0 Å². The molecule has 1 unspecified atom stereocenters. The number of hydrogen-bond donors (Lipinski definition) is 1. The molecule has 30 heavy (non-hydrogen) atoms. The van der Waals surface area contributed by atoms with Crippen molar-refractivity contribution in [2.75, 3.05) is 6.61 Å². The van der Waals surface area contributed by atoms with Gasteiger partial charge in [-0.25, -0.2) is 9.48 Å². The Balaban J connectivity index is 2.10. The number of rotatable bonds is 4. The van der Waals surface area contributed by atoms with Gasteiger partial charge < -0.3 is 10.5 Å². The monoisotopic (exact) mass is 408 g/mol. The molecule has 1 atom stereocenters. The van der Waals surface area contributed by atoms with Gasteiger partial charge in [-0.05, 0) is 24.6 Å². The number of esters is 1. The summed E-state index contributed by atoms with van der Waals surface area (Å²) in [5.41, 5.74) is 4.89. The molecule has 0 amide bonds. The van der Waals surface area contributed by atoms with Crippen molar-refractivity contribution in [2.45, 2.75) is 13.0 Å². The van der Waals surface area contributed by atoms with Crippen molar-refractivity contribution in [3.8, 4) is 0 Å². The average molecular weight is 408 g/mol. The van der Waals surface area contributed by atoms with Crippen LogP contribution in [0.5, 0.6) is 0 Å². The summed E-state index contributed by atoms with van der Waals surface area (Å²) in [6.07, 6.45) is 0. The van der Waals surface area contributed by atoms with E-state index in [0.29, 0.717) is 0 Å². The number of carbonyl (C=O) groups excluding carboxylic acids is 1. The van der Waals surface area contributed by atoms with Gasteiger partial charge in [0.25, 0.3) is 16.8 Å². The molecular weight excluding hydrogens is 392 g/mol. The molecule has 1 aromatic heterocycles. The van der Waals surface area contributed by atoms with Gasteiger partial charge >= 0.3 is 5.97 Å². The van der Waals surface area contributed by atoms with Crippen LogP contribution >= 0.6 is 0 Å². The number of ether oxygens (including phenoxy) is 1. The lowest BCUT2D eigenvalue weighted by Gasteiger charge is -2.18. The van der Waals surface area contributed by atoms with Crippen LogP contribution in [0.15, 0.2) is 63.7 Å². The van der Waals surface area contributed by atoms with E-state index in [1.54, 1.807) is 19.1 Å². The van der Waals surface area contributed by atoms with Gasteiger partial charge in [-0.1, -0.05) is 24.3 Å². The van der Waals surface area contributed by atoms with Crippen molar-refractivity contribution >= 4 is 28.3 Å². The smallest absolute Gasteiger partial charge is 0.340 e. The van der Waals surface area contributed by atoms with Crippen molar-refractivity contribution in [1.29, 1.82) is 0 Å². The molecule has 10 nitrogen and oxygen atoms in total. The van der Waals surface area contributed by atoms with Crippen LogP contribution in [0.3, 0.4) is 0 Å². The number of nitrogens with two attached hydrogens (primary N) is 1. The molecule has 1 aliphatic rings. The summed E-state index contributed by atoms with van der Waals surface area (Å²) in [5, 5.41) is 11.5. The number of hydrogen-bond acceptors (Lipinski definition) is 7. The fraction of sp³-hybridized carbons (Fsp3) is 0.150. The molecule has 2 N–H and O–H groups in total. The Bertz CT molecular complexity index is 1370. The van der Waals surface area contributed by atoms with E-state index in [0.717, 1.165) is 9.36 Å². The van der Waals surface area contributed by atoms with Crippen LogP contribution in [0, 0.1) is 10.1 Å². The number of nitro groups is 1.